The lowest BCUT2D eigenvalue weighted by Crippen LogP contribution is -2.56. The number of hydrogen-bond acceptors (Lipinski definition) is 1. The number of aromatic nitrogens is 3. The maximum Gasteiger partial charge on any atom is 0.302 e. The fraction of sp³-hybridized carbons (Fsp3) is 0.228. The average molecular weight is 842 g/mol. The molecule has 0 aliphatic carbocycles. The highest BCUT2D eigenvalue weighted by molar-refractivity contribution is 7.26. The summed E-state index contributed by atoms with van der Waals surface area (Å²) in [5.41, 5.74) is 16.9. The van der Waals surface area contributed by atoms with Gasteiger partial charge >= 0.3 is 5.82 Å². The summed E-state index contributed by atoms with van der Waals surface area (Å²) in [5, 5.41) is 4.12. The fourth-order valence-corrected chi connectivity index (χ4v) is 13.2. The van der Waals surface area contributed by atoms with Crippen molar-refractivity contribution in [3.8, 4) is 39.5 Å². The summed E-state index contributed by atoms with van der Waals surface area (Å²) in [5.74, 6) is 1.98. The van der Waals surface area contributed by atoms with Gasteiger partial charge in [-0.1, -0.05) is 144 Å². The van der Waals surface area contributed by atoms with Gasteiger partial charge in [-0.2, -0.15) is 13.7 Å². The summed E-state index contributed by atoms with van der Waals surface area (Å²) in [6.07, 6.45) is 4.48. The van der Waals surface area contributed by atoms with Crippen LogP contribution in [0.5, 0.6) is 0 Å². The molecule has 2 atom stereocenters. The third-order valence-electron chi connectivity index (χ3n) is 13.9. The SMILES string of the molecule is C=C1C2C(CCc3ccc4c(sc5ccccc54)c3-c3n(-c4c(C(C)C)cc(-c5ccccc5)cc4C(C)C)c4ccccc4[n+]31)c1ccccc1-c1ccc([Si](C)(C)C)c[n+]12. The van der Waals surface area contributed by atoms with Gasteiger partial charge < -0.3 is 0 Å². The Kier molecular flexibility index (Phi) is 9.19. The normalized spacial score (nSPS) is 16.2. The van der Waals surface area contributed by atoms with Gasteiger partial charge in [0.05, 0.1) is 24.3 Å². The number of thiophene rings is 1. The topological polar surface area (TPSA) is 12.7 Å². The lowest BCUT2D eigenvalue weighted by Gasteiger charge is -2.31. The Morgan fingerprint density at radius 2 is 1.40 bits per heavy atom. The van der Waals surface area contributed by atoms with Gasteiger partial charge in [-0.15, -0.1) is 11.3 Å². The van der Waals surface area contributed by atoms with Crippen molar-refractivity contribution in [2.24, 2.45) is 0 Å². The maximum absolute atomic E-state index is 5.31. The first kappa shape index (κ1) is 39.0. The van der Waals surface area contributed by atoms with Crippen molar-refractivity contribution in [1.82, 2.24) is 4.57 Å². The van der Waals surface area contributed by atoms with Gasteiger partial charge in [0, 0.05) is 43.4 Å². The van der Waals surface area contributed by atoms with Crippen molar-refractivity contribution in [3.63, 3.8) is 0 Å². The van der Waals surface area contributed by atoms with Gasteiger partial charge in [0.1, 0.15) is 5.69 Å². The molecule has 2 unspecified atom stereocenters. The third-order valence-corrected chi connectivity index (χ3v) is 17.1. The number of rotatable bonds is 5. The zero-order valence-corrected chi connectivity index (χ0v) is 38.9. The molecule has 3 aromatic heterocycles. The van der Waals surface area contributed by atoms with E-state index in [1.165, 1.54) is 98.1 Å². The molecule has 0 fully saturated rings. The molecule has 9 aromatic rings. The Bertz CT molecular complexity index is 3240. The Morgan fingerprint density at radius 3 is 2.16 bits per heavy atom. The number of pyridine rings is 1. The average Bonchev–Trinajstić information content (AvgIpc) is 3.83. The molecular formula is C57H55N3SSi+2. The second-order valence-electron chi connectivity index (χ2n) is 19.4. The lowest BCUT2D eigenvalue weighted by molar-refractivity contribution is -0.723. The van der Waals surface area contributed by atoms with Crippen LogP contribution in [0.2, 0.25) is 19.6 Å². The Balaban J connectivity index is 1.32. The van der Waals surface area contributed by atoms with Crippen LogP contribution in [-0.2, 0) is 6.42 Å². The molecule has 0 radical (unpaired) electrons. The van der Waals surface area contributed by atoms with Crippen LogP contribution in [0.3, 0.4) is 0 Å². The number of aryl methyl sites for hydroxylation is 1. The van der Waals surface area contributed by atoms with Crippen LogP contribution < -0.4 is 14.3 Å². The van der Waals surface area contributed by atoms with Crippen molar-refractivity contribution in [2.75, 3.05) is 0 Å². The fourth-order valence-electron chi connectivity index (χ4n) is 10.8. The minimum Gasteiger partial charge on any atom is -0.187 e. The second kappa shape index (κ2) is 14.6. The summed E-state index contributed by atoms with van der Waals surface area (Å²) >= 11 is 1.95. The van der Waals surface area contributed by atoms with E-state index in [-0.39, 0.29) is 23.8 Å². The van der Waals surface area contributed by atoms with E-state index >= 15 is 0 Å². The highest BCUT2D eigenvalue weighted by Crippen LogP contribution is 2.50. The zero-order chi connectivity index (χ0) is 42.6. The zero-order valence-electron chi connectivity index (χ0n) is 37.0. The van der Waals surface area contributed by atoms with Crippen LogP contribution >= 0.6 is 11.3 Å². The minimum atomic E-state index is -1.67. The Hall–Kier alpha value is -5.88. The monoisotopic (exact) mass is 841 g/mol. The van der Waals surface area contributed by atoms with Crippen LogP contribution in [-0.4, -0.2) is 12.6 Å². The van der Waals surface area contributed by atoms with Gasteiger partial charge in [-0.3, -0.25) is 0 Å². The maximum atomic E-state index is 5.31. The van der Waals surface area contributed by atoms with Crippen molar-refractivity contribution >= 4 is 61.5 Å². The quantitative estimate of drug-likeness (QED) is 0.121. The highest BCUT2D eigenvalue weighted by atomic mass is 32.1. The molecule has 11 rings (SSSR count). The van der Waals surface area contributed by atoms with Crippen LogP contribution in [0, 0.1) is 0 Å². The molecule has 306 valence electrons. The summed E-state index contributed by atoms with van der Waals surface area (Å²) < 4.78 is 10.6. The van der Waals surface area contributed by atoms with Gasteiger partial charge in [-0.25, -0.2) is 0 Å². The van der Waals surface area contributed by atoms with Crippen LogP contribution in [0.4, 0.5) is 0 Å². The predicted molar refractivity (Wildman–Crippen MR) is 266 cm³/mol. The van der Waals surface area contributed by atoms with Crippen molar-refractivity contribution < 1.29 is 9.13 Å². The largest absolute Gasteiger partial charge is 0.302 e. The number of allylic oxidation sites excluding steroid dienone is 1. The van der Waals surface area contributed by atoms with Gasteiger partial charge in [0.25, 0.3) is 0 Å². The number of benzene rings is 6. The number of fused-ring (bicyclic) bond motifs is 15. The molecule has 0 spiro atoms. The molecule has 0 N–H and O–H groups in total. The lowest BCUT2D eigenvalue weighted by atomic mass is 9.78. The molecule has 2 aliphatic rings. The van der Waals surface area contributed by atoms with Gasteiger partial charge in [0.15, 0.2) is 22.9 Å². The van der Waals surface area contributed by atoms with Crippen LogP contribution in [0.1, 0.15) is 80.2 Å². The second-order valence-corrected chi connectivity index (χ2v) is 25.5. The van der Waals surface area contributed by atoms with E-state index in [9.17, 15) is 0 Å². The van der Waals surface area contributed by atoms with E-state index in [1.54, 1.807) is 0 Å². The molecular weight excluding hydrogens is 787 g/mol. The minimum absolute atomic E-state index is 0.000937. The highest BCUT2D eigenvalue weighted by Gasteiger charge is 2.48. The predicted octanol–water partition coefficient (Wildman–Crippen LogP) is 14.1. The molecule has 0 saturated heterocycles. The molecule has 5 heteroatoms. The molecule has 2 aliphatic heterocycles. The molecule has 3 nitrogen and oxygen atoms in total. The van der Waals surface area contributed by atoms with Crippen LogP contribution in [0.25, 0.3) is 76.4 Å². The molecule has 6 aromatic carbocycles. The van der Waals surface area contributed by atoms with E-state index in [1.807, 2.05) is 11.3 Å². The molecule has 0 bridgehead atoms. The van der Waals surface area contributed by atoms with E-state index in [4.69, 9.17) is 6.58 Å². The molecule has 62 heavy (non-hydrogen) atoms. The smallest absolute Gasteiger partial charge is 0.187 e. The summed E-state index contributed by atoms with van der Waals surface area (Å²) in [6, 6.07) is 53.0. The van der Waals surface area contributed by atoms with Crippen molar-refractivity contribution in [1.29, 1.82) is 0 Å². The Labute approximate surface area is 371 Å². The van der Waals surface area contributed by atoms with Crippen molar-refractivity contribution in [3.05, 3.63) is 175 Å². The first-order chi connectivity index (χ1) is 30.0. The van der Waals surface area contributed by atoms with Crippen molar-refractivity contribution in [2.45, 2.75) is 84.0 Å². The molecule has 5 heterocycles. The standard InChI is InChI=1S/C57H55N3SSi/c1-35(2)47-32-40(38-18-10-9-11-19-38)33-48(36(3)4)55(47)60-51-24-16-15-23-50(51)59-37(5)54-45(42-20-12-13-21-43(42)49-31-28-41(34-58(49)54)62(6,7)8)29-26-39-27-30-46-44-22-14-17-25-52(44)61-56(46)53(39)57(59)60/h9-25,27-28,30-36,45,54H,5,26,29H2,1-4,6-8H3/q+2. The third kappa shape index (κ3) is 5.96. The van der Waals surface area contributed by atoms with Crippen LogP contribution in [0.15, 0.2) is 152 Å². The summed E-state index contributed by atoms with van der Waals surface area (Å²) in [4.78, 5) is 0. The number of hydrogen-bond donors (Lipinski definition) is 0. The molecule has 0 saturated carbocycles. The van der Waals surface area contributed by atoms with E-state index in [2.05, 4.69) is 207 Å². The summed E-state index contributed by atoms with van der Waals surface area (Å²) in [7, 11) is -1.67. The summed E-state index contributed by atoms with van der Waals surface area (Å²) in [6.45, 7) is 22.2. The van der Waals surface area contributed by atoms with E-state index < -0.39 is 8.07 Å². The number of imidazole rings is 1. The Morgan fingerprint density at radius 1 is 0.710 bits per heavy atom. The first-order valence-electron chi connectivity index (χ1n) is 22.6. The number of nitrogens with zero attached hydrogens (tertiary/aromatic N) is 3. The van der Waals surface area contributed by atoms with Gasteiger partial charge in [0.2, 0.25) is 11.7 Å². The van der Waals surface area contributed by atoms with Gasteiger partial charge in [-0.05, 0) is 89.9 Å². The molecule has 0 amide bonds. The first-order valence-corrected chi connectivity index (χ1v) is 26.9. The van der Waals surface area contributed by atoms with E-state index in [0.717, 1.165) is 18.5 Å². The van der Waals surface area contributed by atoms with E-state index in [0.29, 0.717) is 0 Å². The number of para-hydroxylation sites is 2.